The molecular formula is C11H21N4O4P. The third-order valence-electron chi connectivity index (χ3n) is 2.52. The largest absolute Gasteiger partial charge is 0.489 e. The Labute approximate surface area is 118 Å². The van der Waals surface area contributed by atoms with E-state index < -0.39 is 7.82 Å². The van der Waals surface area contributed by atoms with E-state index in [2.05, 4.69) is 20.1 Å². The van der Waals surface area contributed by atoms with E-state index in [9.17, 15) is 9.46 Å². The lowest BCUT2D eigenvalue weighted by Gasteiger charge is -2.19. The van der Waals surface area contributed by atoms with Crippen molar-refractivity contribution in [3.63, 3.8) is 0 Å². The molecule has 0 bridgehead atoms. The topological polar surface area (TPSA) is 96.8 Å². The summed E-state index contributed by atoms with van der Waals surface area (Å²) < 4.78 is 20.6. The highest BCUT2D eigenvalue weighted by Gasteiger charge is 2.21. The Morgan fingerprint density at radius 1 is 1.40 bits per heavy atom. The van der Waals surface area contributed by atoms with Crippen molar-refractivity contribution in [3.8, 4) is 0 Å². The second-order valence-corrected chi connectivity index (χ2v) is 5.39. The fourth-order valence-electron chi connectivity index (χ4n) is 1.63. The van der Waals surface area contributed by atoms with Gasteiger partial charge in [-0.3, -0.25) is 4.52 Å². The molecule has 9 heteroatoms. The molecule has 0 saturated carbocycles. The Hall–Kier alpha value is -1.05. The fourth-order valence-corrected chi connectivity index (χ4v) is 2.21. The quantitative estimate of drug-likeness (QED) is 0.549. The number of nitrogens with one attached hydrogen (secondary N) is 1. The van der Waals surface area contributed by atoms with Gasteiger partial charge in [-0.05, 0) is 26.8 Å². The van der Waals surface area contributed by atoms with Gasteiger partial charge in [-0.2, -0.15) is 10.1 Å². The summed E-state index contributed by atoms with van der Waals surface area (Å²) >= 11 is 0. The smallest absolute Gasteiger partial charge is 0.341 e. The summed E-state index contributed by atoms with van der Waals surface area (Å²) in [6.45, 7) is 7.28. The molecule has 0 aliphatic rings. The molecule has 1 heterocycles. The molecule has 0 radical (unpaired) electrons. The predicted octanol–water partition coefficient (Wildman–Crippen LogP) is 1.40. The molecule has 1 rings (SSSR count). The maximum Gasteiger partial charge on any atom is 0.489 e. The van der Waals surface area contributed by atoms with Gasteiger partial charge < -0.3 is 9.79 Å². The van der Waals surface area contributed by atoms with Crippen LogP contribution in [0.2, 0.25) is 0 Å². The molecule has 0 aliphatic carbocycles. The van der Waals surface area contributed by atoms with Crippen molar-refractivity contribution >= 4 is 13.8 Å². The summed E-state index contributed by atoms with van der Waals surface area (Å²) in [5, 5.41) is 0. The molecule has 0 aromatic carbocycles. The van der Waals surface area contributed by atoms with E-state index in [0.29, 0.717) is 11.6 Å². The Balaban J connectivity index is 2.83. The maximum absolute atomic E-state index is 11.4. The molecule has 2 N–H and O–H groups in total. The minimum atomic E-state index is -4.11. The van der Waals surface area contributed by atoms with Crippen molar-refractivity contribution in [3.05, 3.63) is 17.5 Å². The summed E-state index contributed by atoms with van der Waals surface area (Å²) in [7, 11) is -2.74. The Bertz CT molecular complexity index is 481. The van der Waals surface area contributed by atoms with Crippen LogP contribution in [0.25, 0.3) is 0 Å². The molecule has 114 valence electrons. The zero-order chi connectivity index (χ0) is 15.2. The number of anilines is 1. The maximum atomic E-state index is 11.4. The average Bonchev–Trinajstić information content (AvgIpc) is 2.37. The van der Waals surface area contributed by atoms with Gasteiger partial charge >= 0.3 is 7.82 Å². The number of rotatable bonds is 8. The van der Waals surface area contributed by atoms with Crippen LogP contribution in [-0.4, -0.2) is 35.0 Å². The number of hydrogen-bond donors (Lipinski definition) is 2. The van der Waals surface area contributed by atoms with Crippen molar-refractivity contribution in [2.45, 2.75) is 27.4 Å². The van der Waals surface area contributed by atoms with Crippen LogP contribution in [0, 0.1) is 6.92 Å². The molecule has 20 heavy (non-hydrogen) atoms. The van der Waals surface area contributed by atoms with Crippen LogP contribution in [0.4, 0.5) is 5.95 Å². The van der Waals surface area contributed by atoms with Gasteiger partial charge in [-0.1, -0.05) is 0 Å². The highest BCUT2D eigenvalue weighted by molar-refractivity contribution is 7.47. The van der Waals surface area contributed by atoms with Crippen LogP contribution in [0.5, 0.6) is 0 Å². The molecular weight excluding hydrogens is 283 g/mol. The van der Waals surface area contributed by atoms with Gasteiger partial charge in [0.25, 0.3) is 0 Å². The number of phosphoric ester groups is 1. The summed E-state index contributed by atoms with van der Waals surface area (Å²) in [4.78, 5) is 20.0. The van der Waals surface area contributed by atoms with Crippen molar-refractivity contribution in [2.75, 3.05) is 25.0 Å². The normalized spacial score (nSPS) is 14.1. The first-order valence-electron chi connectivity index (χ1n) is 6.34. The highest BCUT2D eigenvalue weighted by Crippen LogP contribution is 2.42. The van der Waals surface area contributed by atoms with E-state index in [1.807, 2.05) is 25.7 Å². The summed E-state index contributed by atoms with van der Waals surface area (Å²) in [5.41, 5.74) is 3.41. The van der Waals surface area contributed by atoms with E-state index in [4.69, 9.17) is 4.52 Å². The molecule has 0 fully saturated rings. The fraction of sp³-hybridized carbons (Fsp3) is 0.636. The SMILES string of the molecule is CCN(CC)c1nc(C)cc(COP(=O)(O)ONC)n1. The predicted molar refractivity (Wildman–Crippen MR) is 75.1 cm³/mol. The zero-order valence-corrected chi connectivity index (χ0v) is 13.1. The van der Waals surface area contributed by atoms with Crippen LogP contribution < -0.4 is 10.4 Å². The van der Waals surface area contributed by atoms with E-state index in [-0.39, 0.29) is 6.61 Å². The van der Waals surface area contributed by atoms with E-state index in [1.54, 1.807) is 6.07 Å². The standard InChI is InChI=1S/C11H21N4O4P/c1-5-15(6-2)11-13-9(3)7-10(14-11)8-18-20(16,17)19-12-4/h7,12H,5-6,8H2,1-4H3,(H,16,17). The van der Waals surface area contributed by atoms with Gasteiger partial charge in [0.1, 0.15) is 6.61 Å². The lowest BCUT2D eigenvalue weighted by atomic mass is 10.3. The average molecular weight is 304 g/mol. The van der Waals surface area contributed by atoms with Crippen molar-refractivity contribution in [1.29, 1.82) is 0 Å². The first kappa shape index (κ1) is 17.0. The van der Waals surface area contributed by atoms with Crippen LogP contribution in [0.3, 0.4) is 0 Å². The second-order valence-electron chi connectivity index (χ2n) is 4.01. The van der Waals surface area contributed by atoms with E-state index >= 15 is 0 Å². The van der Waals surface area contributed by atoms with Crippen molar-refractivity contribution < 1.29 is 18.6 Å². The minimum absolute atomic E-state index is 0.132. The number of hydroxylamine groups is 1. The molecule has 1 atom stereocenters. The number of aromatic nitrogens is 2. The number of hydrogen-bond acceptors (Lipinski definition) is 7. The first-order valence-corrected chi connectivity index (χ1v) is 7.83. The molecule has 1 unspecified atom stereocenters. The van der Waals surface area contributed by atoms with E-state index in [1.165, 1.54) is 7.05 Å². The minimum Gasteiger partial charge on any atom is -0.341 e. The van der Waals surface area contributed by atoms with Gasteiger partial charge in [-0.25, -0.2) is 14.5 Å². The molecule has 8 nitrogen and oxygen atoms in total. The number of nitrogens with zero attached hydrogens (tertiary/aromatic N) is 3. The summed E-state index contributed by atoms with van der Waals surface area (Å²) in [6, 6.07) is 1.70. The van der Waals surface area contributed by atoms with Gasteiger partial charge in [0, 0.05) is 25.8 Å². The molecule has 0 saturated heterocycles. The Kier molecular flexibility index (Phi) is 6.51. The van der Waals surface area contributed by atoms with Crippen LogP contribution in [0.1, 0.15) is 25.2 Å². The highest BCUT2D eigenvalue weighted by atomic mass is 31.2. The molecule has 1 aromatic heterocycles. The lowest BCUT2D eigenvalue weighted by molar-refractivity contribution is 0.103. The monoisotopic (exact) mass is 304 g/mol. The third kappa shape index (κ3) is 5.15. The molecule has 0 amide bonds. The summed E-state index contributed by atoms with van der Waals surface area (Å²) in [6.07, 6.45) is 0. The zero-order valence-electron chi connectivity index (χ0n) is 12.2. The van der Waals surface area contributed by atoms with Crippen LogP contribution in [-0.2, 0) is 20.3 Å². The number of aryl methyl sites for hydroxylation is 1. The summed E-state index contributed by atoms with van der Waals surface area (Å²) in [5.74, 6) is 0.580. The Morgan fingerprint density at radius 2 is 2.05 bits per heavy atom. The first-order chi connectivity index (χ1) is 9.41. The molecule has 1 aromatic rings. The second kappa shape index (κ2) is 7.66. The number of phosphoric acid groups is 1. The van der Waals surface area contributed by atoms with Gasteiger partial charge in [-0.15, -0.1) is 0 Å². The van der Waals surface area contributed by atoms with Crippen molar-refractivity contribution in [1.82, 2.24) is 15.4 Å². The molecule has 0 spiro atoms. The Morgan fingerprint density at radius 3 is 2.60 bits per heavy atom. The molecule has 0 aliphatic heterocycles. The van der Waals surface area contributed by atoms with Gasteiger partial charge in [0.15, 0.2) is 0 Å². The van der Waals surface area contributed by atoms with Gasteiger partial charge in [0.05, 0.1) is 5.69 Å². The van der Waals surface area contributed by atoms with Crippen molar-refractivity contribution in [2.24, 2.45) is 0 Å². The van der Waals surface area contributed by atoms with E-state index in [0.717, 1.165) is 18.8 Å². The lowest BCUT2D eigenvalue weighted by Crippen LogP contribution is -2.25. The van der Waals surface area contributed by atoms with Crippen LogP contribution in [0.15, 0.2) is 6.07 Å². The third-order valence-corrected chi connectivity index (χ3v) is 3.39. The van der Waals surface area contributed by atoms with Crippen LogP contribution >= 0.6 is 7.82 Å². The van der Waals surface area contributed by atoms with Gasteiger partial charge in [0.2, 0.25) is 5.95 Å².